The number of benzene rings is 9. The molecule has 0 atom stereocenters. The predicted octanol–water partition coefficient (Wildman–Crippen LogP) is 20.2. The van der Waals surface area contributed by atoms with Gasteiger partial charge in [0.1, 0.15) is 5.69 Å². The number of amides is 4. The number of aryl methyl sites for hydroxylation is 1. The first kappa shape index (κ1) is 61.5. The Morgan fingerprint density at radius 2 is 0.918 bits per heavy atom. The van der Waals surface area contributed by atoms with Gasteiger partial charge >= 0.3 is 0 Å². The molecule has 4 aliphatic rings. The molecule has 0 unspecified atom stereocenters. The fourth-order valence-corrected chi connectivity index (χ4v) is 15.2. The number of carbonyl (C=O) groups is 5. The third kappa shape index (κ3) is 9.50. The van der Waals surface area contributed by atoms with Crippen LogP contribution in [0.25, 0.3) is 99.6 Å². The van der Waals surface area contributed by atoms with Crippen LogP contribution in [0, 0.1) is 18.8 Å². The van der Waals surface area contributed by atoms with Crippen LogP contribution in [0.15, 0.2) is 164 Å². The van der Waals surface area contributed by atoms with Crippen molar-refractivity contribution in [3.05, 3.63) is 248 Å². The second-order valence-corrected chi connectivity index (χ2v) is 30.0. The standard InChI is InChI=1S/C87H72N6O5/c1-45(2)63-40-49(17-16-48-18-22-51(23-19-48)74-66-36-25-53(88-66)43-70-80(94)87(12,13)72(91-70)44-54-26-37-67(89-54)73(68-38-39-69(74)90-68)50-20-14-47(5)15-21-50)41-64(46(3)4)79(63)93-83(97)61-33-29-57-55-27-31-59-77-60(32-28-56(75(55)77)58-30-34-62(84(93)98)78(61)76(57)58)82(96)92(81(59)95)71-42-52(85(6,7)8)24-35-65(71)86(9,10)11/h14-15,18-46,88-89H,1-13H3. The summed E-state index contributed by atoms with van der Waals surface area (Å²) >= 11 is 0. The average Bonchev–Trinajstić information content (AvgIpc) is 0.867. The van der Waals surface area contributed by atoms with Gasteiger partial charge in [-0.15, -0.1) is 0 Å². The van der Waals surface area contributed by atoms with Crippen LogP contribution < -0.4 is 9.80 Å². The number of imide groups is 2. The van der Waals surface area contributed by atoms with Crippen LogP contribution in [0.4, 0.5) is 11.4 Å². The quantitative estimate of drug-likeness (QED) is 0.0728. The summed E-state index contributed by atoms with van der Waals surface area (Å²) < 4.78 is 0. The number of H-pyrrole nitrogens is 2. The third-order valence-corrected chi connectivity index (χ3v) is 20.4. The van der Waals surface area contributed by atoms with Crippen molar-refractivity contribution in [1.29, 1.82) is 0 Å². The van der Waals surface area contributed by atoms with Crippen molar-refractivity contribution in [3.8, 4) is 34.1 Å². The van der Waals surface area contributed by atoms with E-state index >= 15 is 19.2 Å². The first-order valence-electron chi connectivity index (χ1n) is 33.7. The summed E-state index contributed by atoms with van der Waals surface area (Å²) in [6.07, 6.45) is 4.12. The largest absolute Gasteiger partial charge is 0.355 e. The molecule has 98 heavy (non-hydrogen) atoms. The van der Waals surface area contributed by atoms with E-state index in [0.29, 0.717) is 55.8 Å². The number of Topliss-reactive ketones (excluding diaryl/α,β-unsaturated/α-hetero) is 1. The smallest absolute Gasteiger partial charge is 0.266 e. The third-order valence-electron chi connectivity index (χ3n) is 20.4. The van der Waals surface area contributed by atoms with Gasteiger partial charge in [0.25, 0.3) is 23.6 Å². The van der Waals surface area contributed by atoms with Crippen molar-refractivity contribution in [2.45, 2.75) is 118 Å². The summed E-state index contributed by atoms with van der Waals surface area (Å²) in [7, 11) is 0. The normalized spacial score (nSPS) is 14.6. The lowest BCUT2D eigenvalue weighted by Crippen LogP contribution is -2.42. The molecule has 0 saturated carbocycles. The number of aromatic nitrogens is 4. The number of nitrogens with one attached hydrogen (secondary N) is 2. The summed E-state index contributed by atoms with van der Waals surface area (Å²) in [6, 6.07) is 53.8. The maximum absolute atomic E-state index is 15.5. The molecule has 0 spiro atoms. The molecule has 480 valence electrons. The van der Waals surface area contributed by atoms with E-state index in [2.05, 4.69) is 165 Å². The Labute approximate surface area is 568 Å². The number of rotatable bonds is 6. The van der Waals surface area contributed by atoms with Gasteiger partial charge in [-0.3, -0.25) is 24.0 Å². The highest BCUT2D eigenvalue weighted by Gasteiger charge is 2.42. The van der Waals surface area contributed by atoms with E-state index in [1.807, 2.05) is 123 Å². The van der Waals surface area contributed by atoms with Crippen LogP contribution in [0.2, 0.25) is 0 Å². The Balaban J connectivity index is 0.761. The Morgan fingerprint density at radius 1 is 0.459 bits per heavy atom. The SMILES string of the molecule is Cc1ccc(-c2c3nc(c(-c4ccc(C#Cc5cc(C(C)C)c(N6C(=O)c7ccc8c9ccc%10c%11c(ccc(c%12ccc(c7c8%12)C6=O)c%119)C(=O)N(c6cc(C(C)(C)C)ccc6C(C)(C)C)C%10=O)c(C(C)C)c5)cc4)c4ccc(cc5nc(cc6ccc2[nH]6)C(C)(C)C5=O)[nH]4)C=C3)cc1. The highest BCUT2D eigenvalue weighted by molar-refractivity contribution is 6.45. The van der Waals surface area contributed by atoms with Crippen molar-refractivity contribution in [2.75, 3.05) is 9.80 Å². The van der Waals surface area contributed by atoms with Gasteiger partial charge < -0.3 is 9.97 Å². The van der Waals surface area contributed by atoms with Gasteiger partial charge in [-0.05, 0) is 212 Å². The zero-order chi connectivity index (χ0) is 68.5. The van der Waals surface area contributed by atoms with Crippen molar-refractivity contribution < 1.29 is 24.0 Å². The Kier molecular flexibility index (Phi) is 13.7. The maximum Gasteiger partial charge on any atom is 0.266 e. The van der Waals surface area contributed by atoms with E-state index in [-0.39, 0.29) is 40.3 Å². The highest BCUT2D eigenvalue weighted by atomic mass is 16.2. The van der Waals surface area contributed by atoms with E-state index in [9.17, 15) is 4.79 Å². The number of ketones is 1. The van der Waals surface area contributed by atoms with E-state index in [4.69, 9.17) is 9.97 Å². The van der Waals surface area contributed by atoms with Gasteiger partial charge in [0, 0.05) is 77.3 Å². The Morgan fingerprint density at radius 3 is 1.39 bits per heavy atom. The molecule has 4 aliphatic heterocycles. The van der Waals surface area contributed by atoms with Gasteiger partial charge in [-0.1, -0.05) is 159 Å². The van der Waals surface area contributed by atoms with E-state index in [0.717, 1.165) is 127 Å². The van der Waals surface area contributed by atoms with Gasteiger partial charge in [-0.2, -0.15) is 0 Å². The molecule has 9 aromatic carbocycles. The monoisotopic (exact) mass is 1280 g/mol. The van der Waals surface area contributed by atoms with Gasteiger partial charge in [0.15, 0.2) is 5.78 Å². The number of anilines is 2. The molecule has 4 amide bonds. The zero-order valence-corrected chi connectivity index (χ0v) is 57.2. The molecule has 0 saturated heterocycles. The first-order valence-corrected chi connectivity index (χ1v) is 33.7. The molecule has 12 aromatic rings. The van der Waals surface area contributed by atoms with Crippen LogP contribution in [0.3, 0.4) is 0 Å². The van der Waals surface area contributed by atoms with Gasteiger partial charge in [0.05, 0.1) is 33.9 Å². The topological polar surface area (TPSA) is 149 Å². The van der Waals surface area contributed by atoms with Crippen LogP contribution in [-0.2, 0) is 16.2 Å². The molecule has 3 aromatic heterocycles. The van der Waals surface area contributed by atoms with Crippen LogP contribution in [-0.4, -0.2) is 49.3 Å². The Bertz CT molecular complexity index is 5720. The lowest BCUT2D eigenvalue weighted by atomic mass is 9.79. The summed E-state index contributed by atoms with van der Waals surface area (Å²) in [5.41, 5.74) is 17.3. The number of hydrogen-bond acceptors (Lipinski definition) is 7. The molecule has 11 heteroatoms. The van der Waals surface area contributed by atoms with Crippen molar-refractivity contribution in [2.24, 2.45) is 0 Å². The molecule has 0 radical (unpaired) electrons. The first-order chi connectivity index (χ1) is 46.7. The van der Waals surface area contributed by atoms with E-state index in [1.165, 1.54) is 9.80 Å². The Hall–Kier alpha value is -11.4. The lowest BCUT2D eigenvalue weighted by Gasteiger charge is -2.34. The van der Waals surface area contributed by atoms with Gasteiger partial charge in [-0.25, -0.2) is 19.8 Å². The van der Waals surface area contributed by atoms with Gasteiger partial charge in [0.2, 0.25) is 0 Å². The minimum absolute atomic E-state index is 0.0539. The zero-order valence-electron chi connectivity index (χ0n) is 57.2. The fraction of sp³-hybridized carbons (Fsp3) is 0.207. The molecule has 11 nitrogen and oxygen atoms in total. The number of fused-ring (bicyclic) bond motifs is 10. The number of hydrogen-bond donors (Lipinski definition) is 2. The minimum atomic E-state index is -0.832. The van der Waals surface area contributed by atoms with Crippen molar-refractivity contribution in [3.63, 3.8) is 0 Å². The summed E-state index contributed by atoms with van der Waals surface area (Å²) in [4.78, 5) is 95.4. The highest BCUT2D eigenvalue weighted by Crippen LogP contribution is 2.50. The summed E-state index contributed by atoms with van der Waals surface area (Å²) in [5, 5.41) is 6.07. The van der Waals surface area contributed by atoms with E-state index < -0.39 is 17.2 Å². The molecular formula is C87H72N6O5. The second-order valence-electron chi connectivity index (χ2n) is 30.0. The van der Waals surface area contributed by atoms with Crippen LogP contribution in [0.1, 0.15) is 203 Å². The molecule has 7 heterocycles. The number of carbonyl (C=O) groups excluding carboxylic acids is 5. The average molecular weight is 1280 g/mol. The fourth-order valence-electron chi connectivity index (χ4n) is 15.2. The number of nitrogens with zero attached hydrogens (tertiary/aromatic N) is 4. The predicted molar refractivity (Wildman–Crippen MR) is 397 cm³/mol. The molecule has 0 fully saturated rings. The van der Waals surface area contributed by atoms with Crippen LogP contribution in [0.5, 0.6) is 0 Å². The lowest BCUT2D eigenvalue weighted by molar-refractivity contribution is 0.0877. The molecular weight excluding hydrogens is 1210 g/mol. The summed E-state index contributed by atoms with van der Waals surface area (Å²) in [5.74, 6) is 5.08. The molecule has 0 aliphatic carbocycles. The molecule has 16 rings (SSSR count). The van der Waals surface area contributed by atoms with E-state index in [1.54, 1.807) is 0 Å². The molecule has 8 bridgehead atoms. The van der Waals surface area contributed by atoms with Crippen LogP contribution >= 0.6 is 0 Å². The number of aromatic amines is 2. The minimum Gasteiger partial charge on any atom is -0.355 e. The maximum atomic E-state index is 15.5. The summed E-state index contributed by atoms with van der Waals surface area (Å²) in [6.45, 7) is 26.9. The second kappa shape index (κ2) is 21.8. The van der Waals surface area contributed by atoms with Crippen molar-refractivity contribution >= 4 is 118 Å². The van der Waals surface area contributed by atoms with Crippen molar-refractivity contribution in [1.82, 2.24) is 19.9 Å². The molecule has 2 N–H and O–H groups in total.